The minimum atomic E-state index is 0.543. The van der Waals surface area contributed by atoms with E-state index >= 15 is 0 Å². The van der Waals surface area contributed by atoms with E-state index < -0.39 is 0 Å². The van der Waals surface area contributed by atoms with Crippen LogP contribution in [0.25, 0.3) is 0 Å². The van der Waals surface area contributed by atoms with Gasteiger partial charge in [0.05, 0.1) is 0 Å². The van der Waals surface area contributed by atoms with Gasteiger partial charge in [0.25, 0.3) is 0 Å². The number of rotatable bonds is 4. The smallest absolute Gasteiger partial charge is 0.231 e. The van der Waals surface area contributed by atoms with Crippen LogP contribution in [0.2, 0.25) is 0 Å². The number of nitrogens with zero attached hydrogens (tertiary/aromatic N) is 3. The molecule has 0 bridgehead atoms. The third kappa shape index (κ3) is 4.21. The van der Waals surface area contributed by atoms with Crippen molar-refractivity contribution in [3.63, 3.8) is 0 Å². The first-order valence-corrected chi connectivity index (χ1v) is 8.63. The molecule has 0 radical (unpaired) electrons. The van der Waals surface area contributed by atoms with E-state index in [4.69, 9.17) is 4.98 Å². The zero-order valence-electron chi connectivity index (χ0n) is 14.1. The Morgan fingerprint density at radius 2 is 1.70 bits per heavy atom. The summed E-state index contributed by atoms with van der Waals surface area (Å²) in [5, 5.41) is 3.63. The highest BCUT2D eigenvalue weighted by Crippen LogP contribution is 2.24. The summed E-state index contributed by atoms with van der Waals surface area (Å²) in [7, 11) is 2.01. The number of para-hydroxylation sites is 1. The molecule has 0 amide bonds. The van der Waals surface area contributed by atoms with Gasteiger partial charge >= 0.3 is 0 Å². The molecule has 1 heterocycles. The number of aromatic nitrogens is 2. The molecule has 0 atom stereocenters. The number of benzene rings is 1. The highest BCUT2D eigenvalue weighted by atomic mass is 15.3. The van der Waals surface area contributed by atoms with E-state index in [2.05, 4.69) is 22.4 Å². The Morgan fingerprint density at radius 3 is 2.39 bits per heavy atom. The summed E-state index contributed by atoms with van der Waals surface area (Å²) >= 11 is 0. The van der Waals surface area contributed by atoms with Gasteiger partial charge in [0.15, 0.2) is 0 Å². The minimum Gasteiger partial charge on any atom is -0.367 e. The molecule has 2 aromatic rings. The lowest BCUT2D eigenvalue weighted by Crippen LogP contribution is -2.21. The van der Waals surface area contributed by atoms with Gasteiger partial charge < -0.3 is 10.2 Å². The Hall–Kier alpha value is -2.10. The molecule has 1 aliphatic carbocycles. The maximum absolute atomic E-state index is 4.74. The number of aryl methyl sites for hydroxylation is 1. The Morgan fingerprint density at radius 1 is 1.00 bits per heavy atom. The number of anilines is 3. The van der Waals surface area contributed by atoms with Crippen molar-refractivity contribution in [2.24, 2.45) is 0 Å². The Bertz CT molecular complexity index is 619. The van der Waals surface area contributed by atoms with Gasteiger partial charge in [-0.1, -0.05) is 43.9 Å². The molecule has 3 rings (SSSR count). The molecule has 122 valence electrons. The van der Waals surface area contributed by atoms with Crippen molar-refractivity contribution < 1.29 is 0 Å². The Kier molecular flexibility index (Phi) is 5.11. The molecule has 23 heavy (non-hydrogen) atoms. The summed E-state index contributed by atoms with van der Waals surface area (Å²) in [5.41, 5.74) is 2.09. The first kappa shape index (κ1) is 15.8. The third-order valence-electron chi connectivity index (χ3n) is 4.49. The van der Waals surface area contributed by atoms with Crippen molar-refractivity contribution in [2.45, 2.75) is 51.5 Å². The van der Waals surface area contributed by atoms with Gasteiger partial charge in [-0.05, 0) is 31.9 Å². The average molecular weight is 310 g/mol. The van der Waals surface area contributed by atoms with E-state index in [9.17, 15) is 0 Å². The van der Waals surface area contributed by atoms with Gasteiger partial charge in [-0.3, -0.25) is 0 Å². The molecule has 0 unspecified atom stereocenters. The summed E-state index contributed by atoms with van der Waals surface area (Å²) < 4.78 is 0. The normalized spacial score (nSPS) is 15.9. The van der Waals surface area contributed by atoms with E-state index in [1.54, 1.807) is 0 Å². The van der Waals surface area contributed by atoms with E-state index in [0.717, 1.165) is 23.1 Å². The summed E-state index contributed by atoms with van der Waals surface area (Å²) in [6.07, 6.45) is 7.85. The van der Waals surface area contributed by atoms with Crippen molar-refractivity contribution in [3.05, 3.63) is 42.1 Å². The molecule has 1 aliphatic rings. The molecule has 4 nitrogen and oxygen atoms in total. The molecule has 1 saturated carbocycles. The van der Waals surface area contributed by atoms with Crippen LogP contribution in [-0.4, -0.2) is 23.1 Å². The molecule has 0 spiro atoms. The van der Waals surface area contributed by atoms with Gasteiger partial charge in [-0.25, -0.2) is 4.98 Å². The topological polar surface area (TPSA) is 41.1 Å². The van der Waals surface area contributed by atoms with Crippen LogP contribution in [0.1, 0.15) is 44.2 Å². The molecule has 4 heteroatoms. The largest absolute Gasteiger partial charge is 0.367 e. The first-order chi connectivity index (χ1) is 11.2. The summed E-state index contributed by atoms with van der Waals surface area (Å²) in [6.45, 7) is 2.03. The standard InChI is InChI=1S/C19H26N4/c1-15-14-18(21-16-10-6-3-4-7-11-16)22-19(20-15)23(2)17-12-8-5-9-13-17/h5,8-9,12-14,16H,3-4,6-7,10-11H2,1-2H3,(H,20,21,22). The second kappa shape index (κ2) is 7.44. The van der Waals surface area contributed by atoms with Crippen molar-refractivity contribution in [1.82, 2.24) is 9.97 Å². The lowest BCUT2D eigenvalue weighted by molar-refractivity contribution is 0.617. The second-order valence-corrected chi connectivity index (χ2v) is 6.42. The van der Waals surface area contributed by atoms with Crippen LogP contribution in [0.4, 0.5) is 17.5 Å². The zero-order chi connectivity index (χ0) is 16.1. The monoisotopic (exact) mass is 310 g/mol. The van der Waals surface area contributed by atoms with Crippen LogP contribution in [0.5, 0.6) is 0 Å². The van der Waals surface area contributed by atoms with Gasteiger partial charge in [0.2, 0.25) is 5.95 Å². The maximum Gasteiger partial charge on any atom is 0.231 e. The van der Waals surface area contributed by atoms with Gasteiger partial charge in [-0.2, -0.15) is 4.98 Å². The van der Waals surface area contributed by atoms with Gasteiger partial charge in [0.1, 0.15) is 5.82 Å². The van der Waals surface area contributed by atoms with Gasteiger partial charge in [0, 0.05) is 30.5 Å². The Labute approximate surface area is 139 Å². The number of hydrogen-bond acceptors (Lipinski definition) is 4. The molecule has 1 aromatic heterocycles. The van der Waals surface area contributed by atoms with E-state index in [1.165, 1.54) is 38.5 Å². The first-order valence-electron chi connectivity index (χ1n) is 8.63. The quantitative estimate of drug-likeness (QED) is 0.832. The highest BCUT2D eigenvalue weighted by molar-refractivity contribution is 5.57. The lowest BCUT2D eigenvalue weighted by Gasteiger charge is -2.21. The molecular weight excluding hydrogens is 284 g/mol. The van der Waals surface area contributed by atoms with E-state index in [1.807, 2.05) is 43.1 Å². The minimum absolute atomic E-state index is 0.543. The molecule has 1 N–H and O–H groups in total. The zero-order valence-corrected chi connectivity index (χ0v) is 14.1. The lowest BCUT2D eigenvalue weighted by atomic mass is 10.1. The maximum atomic E-state index is 4.74. The predicted octanol–water partition coefficient (Wildman–Crippen LogP) is 4.69. The fourth-order valence-electron chi connectivity index (χ4n) is 3.18. The SMILES string of the molecule is Cc1cc(NC2CCCCCC2)nc(N(C)c2ccccc2)n1. The van der Waals surface area contributed by atoms with Crippen LogP contribution in [0, 0.1) is 6.92 Å². The third-order valence-corrected chi connectivity index (χ3v) is 4.49. The van der Waals surface area contributed by atoms with Crippen LogP contribution in [0.15, 0.2) is 36.4 Å². The fraction of sp³-hybridized carbons (Fsp3) is 0.474. The molecule has 1 fully saturated rings. The van der Waals surface area contributed by atoms with Crippen molar-refractivity contribution >= 4 is 17.5 Å². The van der Waals surface area contributed by atoms with Crippen molar-refractivity contribution in [2.75, 3.05) is 17.3 Å². The van der Waals surface area contributed by atoms with E-state index in [0.29, 0.717) is 6.04 Å². The molecular formula is C19H26N4. The van der Waals surface area contributed by atoms with Crippen LogP contribution in [-0.2, 0) is 0 Å². The summed E-state index contributed by atoms with van der Waals surface area (Å²) in [6, 6.07) is 12.8. The molecule has 0 saturated heterocycles. The molecule has 0 aliphatic heterocycles. The fourth-order valence-corrected chi connectivity index (χ4v) is 3.18. The highest BCUT2D eigenvalue weighted by Gasteiger charge is 2.14. The predicted molar refractivity (Wildman–Crippen MR) is 96.4 cm³/mol. The second-order valence-electron chi connectivity index (χ2n) is 6.42. The van der Waals surface area contributed by atoms with Crippen molar-refractivity contribution in [1.29, 1.82) is 0 Å². The Balaban J connectivity index is 1.78. The number of nitrogens with one attached hydrogen (secondary N) is 1. The van der Waals surface area contributed by atoms with Crippen LogP contribution in [0.3, 0.4) is 0 Å². The summed E-state index contributed by atoms with van der Waals surface area (Å²) in [4.78, 5) is 11.4. The van der Waals surface area contributed by atoms with E-state index in [-0.39, 0.29) is 0 Å². The van der Waals surface area contributed by atoms with Gasteiger partial charge in [-0.15, -0.1) is 0 Å². The number of hydrogen-bond donors (Lipinski definition) is 1. The average Bonchev–Trinajstić information content (AvgIpc) is 2.83. The van der Waals surface area contributed by atoms with Crippen LogP contribution < -0.4 is 10.2 Å². The van der Waals surface area contributed by atoms with Crippen LogP contribution >= 0.6 is 0 Å². The summed E-state index contributed by atoms with van der Waals surface area (Å²) in [5.74, 6) is 1.69. The van der Waals surface area contributed by atoms with Crippen molar-refractivity contribution in [3.8, 4) is 0 Å². The molecule has 1 aromatic carbocycles.